The van der Waals surface area contributed by atoms with Crippen LogP contribution in [0.2, 0.25) is 0 Å². The van der Waals surface area contributed by atoms with E-state index in [1.165, 1.54) is 31.7 Å². The molecule has 1 N–H and O–H groups in total. The van der Waals surface area contributed by atoms with Gasteiger partial charge >= 0.3 is 0 Å². The lowest BCUT2D eigenvalue weighted by atomic mass is 10.1. The van der Waals surface area contributed by atoms with Gasteiger partial charge in [-0.2, -0.15) is 0 Å². The van der Waals surface area contributed by atoms with Crippen molar-refractivity contribution in [2.45, 2.75) is 16.3 Å². The van der Waals surface area contributed by atoms with Crippen LogP contribution in [-0.4, -0.2) is 48.0 Å². The lowest BCUT2D eigenvalue weighted by Gasteiger charge is -2.31. The molecule has 27 heavy (non-hydrogen) atoms. The highest BCUT2D eigenvalue weighted by Gasteiger charge is 2.18. The Balaban J connectivity index is 1.34. The molecule has 0 bridgehead atoms. The summed E-state index contributed by atoms with van der Waals surface area (Å²) in [6, 6.07) is 15.1. The van der Waals surface area contributed by atoms with Crippen molar-refractivity contribution in [2.24, 2.45) is 0 Å². The first-order valence-electron chi connectivity index (χ1n) is 9.28. The summed E-state index contributed by atoms with van der Waals surface area (Å²) < 4.78 is 0. The summed E-state index contributed by atoms with van der Waals surface area (Å²) in [5.41, 5.74) is 4.62. The summed E-state index contributed by atoms with van der Waals surface area (Å²) in [6.45, 7) is 5.52. The van der Waals surface area contributed by atoms with E-state index in [1.54, 1.807) is 11.3 Å². The van der Waals surface area contributed by atoms with Crippen LogP contribution in [0.1, 0.15) is 5.01 Å². The van der Waals surface area contributed by atoms with Crippen LogP contribution in [-0.2, 0) is 6.54 Å². The number of likely N-dealkylation sites (N-methyl/N-ethyl adjacent to an activating group) is 1. The van der Waals surface area contributed by atoms with E-state index < -0.39 is 0 Å². The molecule has 1 saturated heterocycles. The Morgan fingerprint density at radius 1 is 1.00 bits per heavy atom. The molecular weight excluding hydrogens is 372 g/mol. The Kier molecular flexibility index (Phi) is 4.65. The zero-order chi connectivity index (χ0) is 18.2. The van der Waals surface area contributed by atoms with Gasteiger partial charge in [0.05, 0.1) is 23.6 Å². The van der Waals surface area contributed by atoms with E-state index in [9.17, 15) is 0 Å². The van der Waals surface area contributed by atoms with Gasteiger partial charge in [0.1, 0.15) is 5.01 Å². The zero-order valence-corrected chi connectivity index (χ0v) is 16.9. The second-order valence-electron chi connectivity index (χ2n) is 7.14. The quantitative estimate of drug-likeness (QED) is 0.541. The Morgan fingerprint density at radius 2 is 1.81 bits per heavy atom. The van der Waals surface area contributed by atoms with Gasteiger partial charge in [0.2, 0.25) is 0 Å². The summed E-state index contributed by atoms with van der Waals surface area (Å²) in [4.78, 5) is 12.4. The van der Waals surface area contributed by atoms with E-state index in [2.05, 4.69) is 70.0 Å². The molecule has 2 aliphatic rings. The normalized spacial score (nSPS) is 17.2. The van der Waals surface area contributed by atoms with E-state index in [4.69, 9.17) is 4.98 Å². The Morgan fingerprint density at radius 3 is 2.70 bits per heavy atom. The van der Waals surface area contributed by atoms with Gasteiger partial charge in [-0.1, -0.05) is 30.0 Å². The number of piperazine rings is 1. The predicted octanol–water partition coefficient (Wildman–Crippen LogP) is 4.77. The van der Waals surface area contributed by atoms with Crippen LogP contribution in [0.5, 0.6) is 0 Å². The molecule has 1 fully saturated rings. The third-order valence-corrected chi connectivity index (χ3v) is 7.14. The molecule has 4 nitrogen and oxygen atoms in total. The van der Waals surface area contributed by atoms with Gasteiger partial charge in [-0.3, -0.25) is 4.90 Å². The molecule has 0 spiro atoms. The fourth-order valence-corrected chi connectivity index (χ4v) is 5.32. The minimum Gasteiger partial charge on any atom is -0.354 e. The molecule has 138 valence electrons. The topological polar surface area (TPSA) is 31.4 Å². The maximum absolute atomic E-state index is 4.92. The largest absolute Gasteiger partial charge is 0.354 e. The van der Waals surface area contributed by atoms with Crippen LogP contribution < -0.4 is 5.32 Å². The Labute approximate surface area is 168 Å². The summed E-state index contributed by atoms with van der Waals surface area (Å²) in [6.07, 6.45) is 0. The van der Waals surface area contributed by atoms with Gasteiger partial charge < -0.3 is 10.2 Å². The predicted molar refractivity (Wildman–Crippen MR) is 114 cm³/mol. The molecule has 2 aromatic carbocycles. The lowest BCUT2D eigenvalue weighted by molar-refractivity contribution is 0.148. The number of benzene rings is 2. The number of hydrogen-bond acceptors (Lipinski definition) is 6. The van der Waals surface area contributed by atoms with Crippen LogP contribution in [0, 0.1) is 0 Å². The van der Waals surface area contributed by atoms with Crippen molar-refractivity contribution in [2.75, 3.05) is 38.5 Å². The second-order valence-corrected chi connectivity index (χ2v) is 9.17. The SMILES string of the molecule is CN1CCN(Cc2nc(-c3ccc4c(c3)Nc3ccccc3S4)cs2)CC1. The first-order chi connectivity index (χ1) is 13.2. The molecule has 0 amide bonds. The molecule has 0 saturated carbocycles. The molecule has 3 heterocycles. The zero-order valence-electron chi connectivity index (χ0n) is 15.3. The minimum atomic E-state index is 0.963. The number of rotatable bonds is 3. The number of hydrogen-bond donors (Lipinski definition) is 1. The number of para-hydroxylation sites is 1. The highest BCUT2D eigenvalue weighted by molar-refractivity contribution is 7.99. The number of thiazole rings is 1. The first-order valence-corrected chi connectivity index (χ1v) is 11.0. The smallest absolute Gasteiger partial charge is 0.107 e. The number of anilines is 2. The van der Waals surface area contributed by atoms with Crippen LogP contribution in [0.25, 0.3) is 11.3 Å². The third-order valence-electron chi connectivity index (χ3n) is 5.16. The fourth-order valence-electron chi connectivity index (χ4n) is 3.51. The van der Waals surface area contributed by atoms with Crippen molar-refractivity contribution in [3.63, 3.8) is 0 Å². The van der Waals surface area contributed by atoms with Gasteiger partial charge in [-0.05, 0) is 31.3 Å². The molecule has 3 aromatic rings. The molecule has 0 aliphatic carbocycles. The van der Waals surface area contributed by atoms with Crippen LogP contribution >= 0.6 is 23.1 Å². The van der Waals surface area contributed by atoms with E-state index in [1.807, 2.05) is 11.8 Å². The molecule has 1 aromatic heterocycles. The van der Waals surface area contributed by atoms with Gasteiger partial charge in [0.25, 0.3) is 0 Å². The summed E-state index contributed by atoms with van der Waals surface area (Å²) in [5, 5.41) is 6.97. The summed E-state index contributed by atoms with van der Waals surface area (Å²) >= 11 is 3.60. The van der Waals surface area contributed by atoms with Crippen molar-refractivity contribution in [3.8, 4) is 11.3 Å². The van der Waals surface area contributed by atoms with Crippen molar-refractivity contribution in [3.05, 3.63) is 52.9 Å². The van der Waals surface area contributed by atoms with Crippen LogP contribution in [0.4, 0.5) is 11.4 Å². The molecular formula is C21H22N4S2. The standard InChI is InChI=1S/C21H22N4S2/c1-24-8-10-25(11-9-24)13-21-23-18(14-26-21)15-6-7-20-17(12-15)22-16-4-2-3-5-19(16)27-20/h2-7,12,14,22H,8-11,13H2,1H3. The van der Waals surface area contributed by atoms with Gasteiger partial charge in [-0.15, -0.1) is 11.3 Å². The first kappa shape index (κ1) is 17.3. The molecule has 0 unspecified atom stereocenters. The van der Waals surface area contributed by atoms with E-state index >= 15 is 0 Å². The van der Waals surface area contributed by atoms with Crippen LogP contribution in [0.3, 0.4) is 0 Å². The van der Waals surface area contributed by atoms with Gasteiger partial charge in [-0.25, -0.2) is 4.98 Å². The van der Waals surface area contributed by atoms with Crippen molar-refractivity contribution < 1.29 is 0 Å². The minimum absolute atomic E-state index is 0.963. The molecule has 0 atom stereocenters. The molecule has 2 aliphatic heterocycles. The highest BCUT2D eigenvalue weighted by atomic mass is 32.2. The Hall–Kier alpha value is -1.86. The monoisotopic (exact) mass is 394 g/mol. The third kappa shape index (κ3) is 3.62. The number of nitrogens with one attached hydrogen (secondary N) is 1. The molecule has 6 heteroatoms. The van der Waals surface area contributed by atoms with Gasteiger partial charge in [0.15, 0.2) is 0 Å². The fraction of sp³-hybridized carbons (Fsp3) is 0.286. The second kappa shape index (κ2) is 7.28. The molecule has 5 rings (SSSR count). The molecule has 0 radical (unpaired) electrons. The van der Waals surface area contributed by atoms with Crippen molar-refractivity contribution in [1.29, 1.82) is 0 Å². The summed E-state index contributed by atoms with van der Waals surface area (Å²) in [7, 11) is 2.19. The van der Waals surface area contributed by atoms with Gasteiger partial charge in [0, 0.05) is 46.9 Å². The number of fused-ring (bicyclic) bond motifs is 2. The van der Waals surface area contributed by atoms with E-state index in [0.717, 1.165) is 38.4 Å². The average Bonchev–Trinajstić information content (AvgIpc) is 3.16. The summed E-state index contributed by atoms with van der Waals surface area (Å²) in [5.74, 6) is 0. The average molecular weight is 395 g/mol. The Bertz CT molecular complexity index is 960. The maximum Gasteiger partial charge on any atom is 0.107 e. The number of aromatic nitrogens is 1. The highest BCUT2D eigenvalue weighted by Crippen LogP contribution is 2.45. The van der Waals surface area contributed by atoms with E-state index in [0.29, 0.717) is 0 Å². The van der Waals surface area contributed by atoms with Crippen molar-refractivity contribution >= 4 is 34.5 Å². The maximum atomic E-state index is 4.92. The van der Waals surface area contributed by atoms with Crippen LogP contribution in [0.15, 0.2) is 57.6 Å². The van der Waals surface area contributed by atoms with Crippen molar-refractivity contribution in [1.82, 2.24) is 14.8 Å². The lowest BCUT2D eigenvalue weighted by Crippen LogP contribution is -2.43. The van der Waals surface area contributed by atoms with E-state index in [-0.39, 0.29) is 0 Å². The number of nitrogens with zero attached hydrogens (tertiary/aromatic N) is 3.